The van der Waals surface area contributed by atoms with Crippen LogP contribution < -0.4 is 5.32 Å². The van der Waals surface area contributed by atoms with Crippen molar-refractivity contribution in [1.82, 2.24) is 0 Å². The van der Waals surface area contributed by atoms with Crippen molar-refractivity contribution in [3.05, 3.63) is 58.4 Å². The quantitative estimate of drug-likeness (QED) is 0.575. The molecule has 1 amide bonds. The number of sulfone groups is 1. The van der Waals surface area contributed by atoms with E-state index >= 15 is 0 Å². The third kappa shape index (κ3) is 4.94. The van der Waals surface area contributed by atoms with E-state index in [0.717, 1.165) is 18.9 Å². The van der Waals surface area contributed by atoms with Gasteiger partial charge >= 0.3 is 0 Å². The minimum Gasteiger partial charge on any atom is -0.322 e. The molecule has 5 nitrogen and oxygen atoms in total. The molecule has 4 rings (SSSR count). The van der Waals surface area contributed by atoms with Crippen LogP contribution in [0.2, 0.25) is 5.02 Å². The van der Waals surface area contributed by atoms with Gasteiger partial charge in [-0.3, -0.25) is 9.59 Å². The number of anilines is 1. The van der Waals surface area contributed by atoms with Crippen LogP contribution in [0.15, 0.2) is 35.2 Å². The summed E-state index contributed by atoms with van der Waals surface area (Å²) in [6, 6.07) is 4.90. The molecule has 2 saturated carbocycles. The van der Waals surface area contributed by atoms with Gasteiger partial charge in [-0.2, -0.15) is 0 Å². The van der Waals surface area contributed by atoms with Crippen LogP contribution in [0, 0.1) is 35.2 Å². The van der Waals surface area contributed by atoms with Gasteiger partial charge in [-0.1, -0.05) is 11.6 Å². The summed E-state index contributed by atoms with van der Waals surface area (Å²) in [5.41, 5.74) is -0.419. The molecule has 0 saturated heterocycles. The van der Waals surface area contributed by atoms with Crippen LogP contribution in [-0.4, -0.2) is 25.9 Å². The molecule has 2 aromatic carbocycles. The van der Waals surface area contributed by atoms with Crippen molar-refractivity contribution in [2.75, 3.05) is 11.1 Å². The Morgan fingerprint density at radius 1 is 1.03 bits per heavy atom. The summed E-state index contributed by atoms with van der Waals surface area (Å²) in [6.45, 7) is 0. The van der Waals surface area contributed by atoms with Crippen LogP contribution in [0.5, 0.6) is 0 Å². The van der Waals surface area contributed by atoms with Crippen LogP contribution in [0.4, 0.5) is 18.9 Å². The molecule has 2 aromatic rings. The lowest BCUT2D eigenvalue weighted by Gasteiger charge is -2.22. The fourth-order valence-electron chi connectivity index (χ4n) is 4.92. The molecule has 176 valence electrons. The molecule has 0 heterocycles. The van der Waals surface area contributed by atoms with Crippen molar-refractivity contribution < 1.29 is 31.2 Å². The number of hydrogen-bond donors (Lipinski definition) is 1. The number of rotatable bonds is 5. The highest BCUT2D eigenvalue weighted by atomic mass is 35.5. The fourth-order valence-corrected chi connectivity index (χ4v) is 7.30. The minimum atomic E-state index is -3.89. The molecule has 3 atom stereocenters. The number of halogens is 4. The van der Waals surface area contributed by atoms with E-state index < -0.39 is 33.2 Å². The average molecular weight is 500 g/mol. The van der Waals surface area contributed by atoms with Crippen LogP contribution in [-0.2, 0) is 14.6 Å². The number of fused-ring (bicyclic) bond motifs is 2. The highest BCUT2D eigenvalue weighted by molar-refractivity contribution is 7.91. The second-order valence-corrected chi connectivity index (χ2v) is 11.1. The smallest absolute Gasteiger partial charge is 0.255 e. The third-order valence-corrected chi connectivity index (χ3v) is 8.86. The standard InChI is InChI=1S/C23H21ClF3NO4S/c24-18-6-4-14(23(30)28-15-9-19(25)22(27)20(26)10-15)8-21(18)33(31,32)11-17-12-1-2-13(17)7-16(29)5-3-12/h4,6,8-10,12-13,17H,1-3,5,7,11H2,(H,28,30)/t12?,13?,17-/m0/s1. The van der Waals surface area contributed by atoms with Crippen molar-refractivity contribution in [3.63, 3.8) is 0 Å². The zero-order chi connectivity index (χ0) is 23.9. The van der Waals surface area contributed by atoms with Crippen molar-refractivity contribution >= 4 is 38.8 Å². The van der Waals surface area contributed by atoms with Gasteiger partial charge in [-0.25, -0.2) is 21.6 Å². The zero-order valence-corrected chi connectivity index (χ0v) is 19.0. The number of amides is 1. The number of carbonyl (C=O) groups excluding carboxylic acids is 2. The molecule has 0 aliphatic heterocycles. The first-order chi connectivity index (χ1) is 15.5. The summed E-state index contributed by atoms with van der Waals surface area (Å²) < 4.78 is 66.5. The number of benzene rings is 2. The Kier molecular flexibility index (Phi) is 6.55. The summed E-state index contributed by atoms with van der Waals surface area (Å²) in [7, 11) is -3.89. The highest BCUT2D eigenvalue weighted by Gasteiger charge is 2.42. The first-order valence-corrected chi connectivity index (χ1v) is 12.6. The van der Waals surface area contributed by atoms with Crippen molar-refractivity contribution in [3.8, 4) is 0 Å². The summed E-state index contributed by atoms with van der Waals surface area (Å²) in [5.74, 6) is -5.43. The predicted octanol–water partition coefficient (Wildman–Crippen LogP) is 5.18. The van der Waals surface area contributed by atoms with Gasteiger partial charge in [0.25, 0.3) is 5.91 Å². The second kappa shape index (κ2) is 9.10. The Morgan fingerprint density at radius 2 is 1.70 bits per heavy atom. The molecule has 2 unspecified atom stereocenters. The van der Waals surface area contributed by atoms with E-state index in [-0.39, 0.29) is 50.5 Å². The van der Waals surface area contributed by atoms with E-state index in [1.165, 1.54) is 12.1 Å². The van der Waals surface area contributed by atoms with Crippen LogP contribution in [0.3, 0.4) is 0 Å². The van der Waals surface area contributed by atoms with Crippen LogP contribution in [0.1, 0.15) is 42.5 Å². The number of ketones is 1. The monoisotopic (exact) mass is 499 g/mol. The molecular weight excluding hydrogens is 479 g/mol. The Labute approximate surface area is 194 Å². The van der Waals surface area contributed by atoms with E-state index in [9.17, 15) is 31.2 Å². The summed E-state index contributed by atoms with van der Waals surface area (Å²) in [4.78, 5) is 24.3. The van der Waals surface area contributed by atoms with E-state index in [0.29, 0.717) is 31.4 Å². The van der Waals surface area contributed by atoms with E-state index in [1.54, 1.807) is 0 Å². The molecule has 2 bridgehead atoms. The zero-order valence-electron chi connectivity index (χ0n) is 17.4. The van der Waals surface area contributed by atoms with Crippen LogP contribution >= 0.6 is 11.6 Å². The van der Waals surface area contributed by atoms with Crippen LogP contribution in [0.25, 0.3) is 0 Å². The van der Waals surface area contributed by atoms with Gasteiger partial charge in [-0.05, 0) is 55.2 Å². The third-order valence-electron chi connectivity index (χ3n) is 6.59. The lowest BCUT2D eigenvalue weighted by atomic mass is 9.90. The van der Waals surface area contributed by atoms with Crippen molar-refractivity contribution in [2.45, 2.75) is 37.0 Å². The molecule has 0 radical (unpaired) electrons. The SMILES string of the molecule is O=C1CCC2CCC(C1)[C@H]2CS(=O)(=O)c1cc(C(=O)Nc2cc(F)c(F)c(F)c2)ccc1Cl. The molecular formula is C23H21ClF3NO4S. The molecule has 2 aliphatic carbocycles. The summed E-state index contributed by atoms with van der Waals surface area (Å²) in [5, 5.41) is 2.17. The molecule has 0 aromatic heterocycles. The fraction of sp³-hybridized carbons (Fsp3) is 0.391. The lowest BCUT2D eigenvalue weighted by Crippen LogP contribution is -2.24. The molecule has 10 heteroatoms. The van der Waals surface area contributed by atoms with E-state index in [2.05, 4.69) is 5.32 Å². The van der Waals surface area contributed by atoms with Gasteiger partial charge in [0.2, 0.25) is 0 Å². The maximum absolute atomic E-state index is 13.4. The second-order valence-electron chi connectivity index (χ2n) is 8.68. The molecule has 0 spiro atoms. The lowest BCUT2D eigenvalue weighted by molar-refractivity contribution is -0.119. The normalized spacial score (nSPS) is 22.8. The molecule has 1 N–H and O–H groups in total. The van der Waals surface area contributed by atoms with Crippen molar-refractivity contribution in [1.29, 1.82) is 0 Å². The maximum Gasteiger partial charge on any atom is 0.255 e. The van der Waals surface area contributed by atoms with E-state index in [1.807, 2.05) is 0 Å². The summed E-state index contributed by atoms with van der Waals surface area (Å²) >= 11 is 6.16. The Morgan fingerprint density at radius 3 is 2.39 bits per heavy atom. The Bertz CT molecular complexity index is 1210. The van der Waals surface area contributed by atoms with E-state index in [4.69, 9.17) is 11.6 Å². The van der Waals surface area contributed by atoms with Gasteiger partial charge in [-0.15, -0.1) is 0 Å². The largest absolute Gasteiger partial charge is 0.322 e. The minimum absolute atomic E-state index is 0.0216. The highest BCUT2D eigenvalue weighted by Crippen LogP contribution is 2.45. The Hall–Kier alpha value is -2.39. The molecule has 2 fully saturated rings. The van der Waals surface area contributed by atoms with Gasteiger partial charge < -0.3 is 5.32 Å². The number of nitrogens with one attached hydrogen (secondary N) is 1. The molecule has 2 aliphatic rings. The average Bonchev–Trinajstić information content (AvgIpc) is 3.02. The first-order valence-electron chi connectivity index (χ1n) is 10.5. The number of Topliss-reactive ketones (excluding diaryl/α,β-unsaturated/α-hetero) is 1. The molecule has 33 heavy (non-hydrogen) atoms. The van der Waals surface area contributed by atoms with Gasteiger partial charge in [0, 0.05) is 36.2 Å². The topological polar surface area (TPSA) is 80.3 Å². The van der Waals surface area contributed by atoms with Gasteiger partial charge in [0.1, 0.15) is 5.78 Å². The first kappa shape index (κ1) is 23.8. The number of hydrogen-bond acceptors (Lipinski definition) is 4. The predicted molar refractivity (Wildman–Crippen MR) is 116 cm³/mol. The number of carbonyl (C=O) groups is 2. The van der Waals surface area contributed by atoms with Gasteiger partial charge in [0.05, 0.1) is 15.7 Å². The maximum atomic E-state index is 13.4. The Balaban J connectivity index is 1.57. The summed E-state index contributed by atoms with van der Waals surface area (Å²) in [6.07, 6.45) is 3.24. The van der Waals surface area contributed by atoms with Crippen molar-refractivity contribution in [2.24, 2.45) is 17.8 Å². The van der Waals surface area contributed by atoms with Gasteiger partial charge in [0.15, 0.2) is 27.3 Å².